The van der Waals surface area contributed by atoms with Gasteiger partial charge >= 0.3 is 5.97 Å². The molecule has 1 N–H and O–H groups in total. The molecule has 0 unspecified atom stereocenters. The Kier molecular flexibility index (Phi) is 5.34. The number of hydrogen-bond donors (Lipinski definition) is 1. The van der Waals surface area contributed by atoms with Crippen LogP contribution < -0.4 is 5.32 Å². The lowest BCUT2D eigenvalue weighted by Gasteiger charge is -2.09. The van der Waals surface area contributed by atoms with E-state index in [1.807, 2.05) is 62.4 Å². The molecule has 2 heterocycles. The van der Waals surface area contributed by atoms with Crippen molar-refractivity contribution in [3.8, 4) is 5.69 Å². The molecule has 152 valence electrons. The smallest absolute Gasteiger partial charge is 0.310 e. The number of benzene rings is 2. The Bertz CT molecular complexity index is 1210. The zero-order chi connectivity index (χ0) is 21.1. The van der Waals surface area contributed by atoms with Crippen LogP contribution in [0.2, 0.25) is 0 Å². The molecule has 0 spiro atoms. The summed E-state index contributed by atoms with van der Waals surface area (Å²) in [7, 11) is 0. The number of anilines is 1. The number of nitrogens with zero attached hydrogens (tertiary/aromatic N) is 2. The highest BCUT2D eigenvalue weighted by Gasteiger charge is 2.15. The van der Waals surface area contributed by atoms with Crippen LogP contribution in [0.25, 0.3) is 16.7 Å². The second-order valence-electron chi connectivity index (χ2n) is 7.06. The van der Waals surface area contributed by atoms with Crippen molar-refractivity contribution < 1.29 is 18.7 Å². The molecule has 0 bridgehead atoms. The van der Waals surface area contributed by atoms with E-state index in [1.165, 1.54) is 0 Å². The van der Waals surface area contributed by atoms with Crippen LogP contribution in [-0.2, 0) is 20.7 Å². The number of carbonyl (C=O) groups excluding carboxylic acids is 2. The molecule has 0 fully saturated rings. The summed E-state index contributed by atoms with van der Waals surface area (Å²) in [6.45, 7) is 3.43. The summed E-state index contributed by atoms with van der Waals surface area (Å²) < 4.78 is 12.3. The van der Waals surface area contributed by atoms with E-state index >= 15 is 0 Å². The molecule has 7 heteroatoms. The lowest BCUT2D eigenvalue weighted by Crippen LogP contribution is -2.23. The topological polar surface area (TPSA) is 86.4 Å². The number of rotatable bonds is 6. The predicted octanol–water partition coefficient (Wildman–Crippen LogP) is 3.96. The van der Waals surface area contributed by atoms with Gasteiger partial charge in [-0.25, -0.2) is 4.68 Å². The maximum atomic E-state index is 12.3. The van der Waals surface area contributed by atoms with Crippen molar-refractivity contribution in [1.82, 2.24) is 9.78 Å². The number of ether oxygens (including phenoxy) is 1. The van der Waals surface area contributed by atoms with E-state index in [0.717, 1.165) is 33.5 Å². The number of carbonyl (C=O) groups is 2. The molecule has 0 aliphatic carbocycles. The summed E-state index contributed by atoms with van der Waals surface area (Å²) in [5.74, 6) is -0.426. The molecule has 0 saturated heterocycles. The molecule has 0 aliphatic heterocycles. The Morgan fingerprint density at radius 1 is 1.10 bits per heavy atom. The first-order valence-corrected chi connectivity index (χ1v) is 9.54. The maximum Gasteiger partial charge on any atom is 0.310 e. The average Bonchev–Trinajstić information content (AvgIpc) is 3.29. The van der Waals surface area contributed by atoms with E-state index in [0.29, 0.717) is 5.82 Å². The monoisotopic (exact) mass is 403 g/mol. The van der Waals surface area contributed by atoms with Gasteiger partial charge in [0.05, 0.1) is 24.1 Å². The molecule has 2 aromatic heterocycles. The Balaban J connectivity index is 1.37. The number of aromatic nitrogens is 2. The Hall–Kier alpha value is -3.87. The van der Waals surface area contributed by atoms with E-state index in [1.54, 1.807) is 17.0 Å². The third kappa shape index (κ3) is 4.25. The number of amides is 1. The van der Waals surface area contributed by atoms with Gasteiger partial charge in [-0.15, -0.1) is 0 Å². The molecular formula is C23H21N3O4. The zero-order valence-electron chi connectivity index (χ0n) is 16.7. The minimum absolute atomic E-state index is 0.0321. The first-order valence-electron chi connectivity index (χ1n) is 9.54. The van der Waals surface area contributed by atoms with Gasteiger partial charge in [0.2, 0.25) is 0 Å². The second kappa shape index (κ2) is 8.24. The van der Waals surface area contributed by atoms with Crippen LogP contribution >= 0.6 is 0 Å². The van der Waals surface area contributed by atoms with Crippen molar-refractivity contribution in [2.75, 3.05) is 11.9 Å². The molecule has 0 radical (unpaired) electrons. The van der Waals surface area contributed by atoms with Crippen molar-refractivity contribution in [3.63, 3.8) is 0 Å². The van der Waals surface area contributed by atoms with Gasteiger partial charge in [-0.1, -0.05) is 30.3 Å². The fourth-order valence-corrected chi connectivity index (χ4v) is 3.21. The molecule has 4 rings (SSSR count). The van der Waals surface area contributed by atoms with E-state index in [9.17, 15) is 9.59 Å². The van der Waals surface area contributed by atoms with Crippen LogP contribution in [-0.4, -0.2) is 28.3 Å². The fourth-order valence-electron chi connectivity index (χ4n) is 3.21. The molecule has 0 aliphatic rings. The highest BCUT2D eigenvalue weighted by atomic mass is 16.5. The van der Waals surface area contributed by atoms with Gasteiger partial charge in [-0.2, -0.15) is 5.10 Å². The van der Waals surface area contributed by atoms with Crippen LogP contribution in [0.5, 0.6) is 0 Å². The molecule has 30 heavy (non-hydrogen) atoms. The standard InChI is InChI=1S/C23H21N3O4/c1-15-8-9-19-17(13-29-20(19)10-15)12-23(28)30-14-22(27)24-21-11-16(2)25-26(21)18-6-4-3-5-7-18/h3-11,13H,12,14H2,1-2H3,(H,24,27). The number of para-hydroxylation sites is 1. The molecule has 4 aromatic rings. The van der Waals surface area contributed by atoms with Crippen LogP contribution in [0.1, 0.15) is 16.8 Å². The molecule has 0 atom stereocenters. The summed E-state index contributed by atoms with van der Waals surface area (Å²) in [6.07, 6.45) is 1.58. The number of esters is 1. The summed E-state index contributed by atoms with van der Waals surface area (Å²) in [5.41, 5.74) is 4.11. The highest BCUT2D eigenvalue weighted by molar-refractivity contribution is 5.93. The number of nitrogens with one attached hydrogen (secondary N) is 1. The Morgan fingerprint density at radius 2 is 1.90 bits per heavy atom. The summed E-state index contributed by atoms with van der Waals surface area (Å²) in [4.78, 5) is 24.5. The molecule has 7 nitrogen and oxygen atoms in total. The molecule has 0 saturated carbocycles. The van der Waals surface area contributed by atoms with Gasteiger partial charge in [0.1, 0.15) is 11.4 Å². The van der Waals surface area contributed by atoms with Crippen molar-refractivity contribution in [2.24, 2.45) is 0 Å². The van der Waals surface area contributed by atoms with Crippen LogP contribution in [0.15, 0.2) is 65.3 Å². The largest absolute Gasteiger partial charge is 0.464 e. The third-order valence-corrected chi connectivity index (χ3v) is 4.61. The van der Waals surface area contributed by atoms with Gasteiger partial charge in [-0.3, -0.25) is 9.59 Å². The van der Waals surface area contributed by atoms with Gasteiger partial charge < -0.3 is 14.5 Å². The molecular weight excluding hydrogens is 382 g/mol. The van der Waals surface area contributed by atoms with Crippen LogP contribution in [0.3, 0.4) is 0 Å². The van der Waals surface area contributed by atoms with Crippen molar-refractivity contribution in [2.45, 2.75) is 20.3 Å². The van der Waals surface area contributed by atoms with Gasteiger partial charge in [0.25, 0.3) is 5.91 Å². The highest BCUT2D eigenvalue weighted by Crippen LogP contribution is 2.23. The second-order valence-corrected chi connectivity index (χ2v) is 7.06. The normalized spacial score (nSPS) is 10.9. The number of fused-ring (bicyclic) bond motifs is 1. The van der Waals surface area contributed by atoms with Gasteiger partial charge in [-0.05, 0) is 37.6 Å². The van der Waals surface area contributed by atoms with Crippen molar-refractivity contribution >= 4 is 28.7 Å². The lowest BCUT2D eigenvalue weighted by molar-refractivity contribution is -0.146. The number of hydrogen-bond acceptors (Lipinski definition) is 5. The number of aryl methyl sites for hydroxylation is 2. The SMILES string of the molecule is Cc1ccc2c(CC(=O)OCC(=O)Nc3cc(C)nn3-c3ccccc3)coc2c1. The summed E-state index contributed by atoms with van der Waals surface area (Å²) in [6, 6.07) is 17.0. The van der Waals surface area contributed by atoms with E-state index < -0.39 is 11.9 Å². The quantitative estimate of drug-likeness (QED) is 0.493. The van der Waals surface area contributed by atoms with Gasteiger partial charge in [0, 0.05) is 17.0 Å². The lowest BCUT2D eigenvalue weighted by atomic mass is 10.1. The summed E-state index contributed by atoms with van der Waals surface area (Å²) >= 11 is 0. The van der Waals surface area contributed by atoms with Crippen molar-refractivity contribution in [1.29, 1.82) is 0 Å². The third-order valence-electron chi connectivity index (χ3n) is 4.61. The van der Waals surface area contributed by atoms with E-state index in [4.69, 9.17) is 9.15 Å². The van der Waals surface area contributed by atoms with E-state index in [2.05, 4.69) is 10.4 Å². The average molecular weight is 403 g/mol. The predicted molar refractivity (Wildman–Crippen MR) is 113 cm³/mol. The fraction of sp³-hybridized carbons (Fsp3) is 0.174. The Labute approximate surface area is 173 Å². The van der Waals surface area contributed by atoms with E-state index in [-0.39, 0.29) is 13.0 Å². The summed E-state index contributed by atoms with van der Waals surface area (Å²) in [5, 5.41) is 8.01. The van der Waals surface area contributed by atoms with Crippen molar-refractivity contribution in [3.05, 3.63) is 77.7 Å². The zero-order valence-corrected chi connectivity index (χ0v) is 16.7. The maximum absolute atomic E-state index is 12.3. The molecule has 1 amide bonds. The van der Waals surface area contributed by atoms with Crippen LogP contribution in [0.4, 0.5) is 5.82 Å². The van der Waals surface area contributed by atoms with Crippen LogP contribution in [0, 0.1) is 13.8 Å². The van der Waals surface area contributed by atoms with Gasteiger partial charge in [0.15, 0.2) is 6.61 Å². The number of furan rings is 1. The Morgan fingerprint density at radius 3 is 2.70 bits per heavy atom. The molecule has 2 aromatic carbocycles. The first kappa shape index (κ1) is 19.4. The minimum Gasteiger partial charge on any atom is -0.464 e. The minimum atomic E-state index is -0.499. The first-order chi connectivity index (χ1) is 14.5.